The molecule has 4 rings (SSSR count). The van der Waals surface area contributed by atoms with E-state index in [9.17, 15) is 0 Å². The van der Waals surface area contributed by atoms with E-state index in [2.05, 4.69) is 96.5 Å². The van der Waals surface area contributed by atoms with Gasteiger partial charge in [-0.2, -0.15) is 11.8 Å². The predicted molar refractivity (Wildman–Crippen MR) is 126 cm³/mol. The van der Waals surface area contributed by atoms with Crippen LogP contribution in [0.25, 0.3) is 21.8 Å². The lowest BCUT2D eigenvalue weighted by molar-refractivity contribution is 0.397. The summed E-state index contributed by atoms with van der Waals surface area (Å²) in [6.45, 7) is 1.87. The Kier molecular flexibility index (Phi) is 5.99. The van der Waals surface area contributed by atoms with E-state index in [1.165, 1.54) is 44.3 Å². The summed E-state index contributed by atoms with van der Waals surface area (Å²) in [6.07, 6.45) is 0. The molecule has 29 heavy (non-hydrogen) atoms. The van der Waals surface area contributed by atoms with Gasteiger partial charge in [0, 0.05) is 57.8 Å². The number of fused-ring (bicyclic) bond motifs is 2. The highest BCUT2D eigenvalue weighted by atomic mass is 32.2. The molecular weight excluding hydrogens is 376 g/mol. The van der Waals surface area contributed by atoms with Crippen LogP contribution in [0, 0.1) is 0 Å². The van der Waals surface area contributed by atoms with Gasteiger partial charge in [0.15, 0.2) is 0 Å². The van der Waals surface area contributed by atoms with Gasteiger partial charge in [-0.1, -0.05) is 36.4 Å². The molecule has 0 atom stereocenters. The Morgan fingerprint density at radius 1 is 0.655 bits per heavy atom. The molecule has 2 heterocycles. The second-order valence-electron chi connectivity index (χ2n) is 8.22. The first kappa shape index (κ1) is 20.1. The maximum Gasteiger partial charge on any atom is 0.0459 e. The van der Waals surface area contributed by atoms with Crippen molar-refractivity contribution in [3.8, 4) is 0 Å². The molecule has 0 radical (unpaired) electrons. The van der Waals surface area contributed by atoms with Crippen LogP contribution in [-0.2, 0) is 24.6 Å². The SMILES string of the molecule is CN(C)Cc1[nH]c2ccccc2c1CSCc1c(CN(C)C)[nH]c2ccccc12. The quantitative estimate of drug-likeness (QED) is 0.422. The Bertz CT molecular complexity index is 1020. The third-order valence-electron chi connectivity index (χ3n) is 5.25. The Morgan fingerprint density at radius 3 is 1.48 bits per heavy atom. The van der Waals surface area contributed by atoms with Crippen molar-refractivity contribution < 1.29 is 0 Å². The highest BCUT2D eigenvalue weighted by Gasteiger charge is 2.15. The van der Waals surface area contributed by atoms with Crippen molar-refractivity contribution in [2.75, 3.05) is 28.2 Å². The highest BCUT2D eigenvalue weighted by Crippen LogP contribution is 2.32. The zero-order valence-corrected chi connectivity index (χ0v) is 18.6. The van der Waals surface area contributed by atoms with Gasteiger partial charge in [0.25, 0.3) is 0 Å². The number of rotatable bonds is 8. The molecule has 2 aromatic heterocycles. The van der Waals surface area contributed by atoms with Crippen molar-refractivity contribution in [1.29, 1.82) is 0 Å². The predicted octanol–water partition coefficient (Wildman–Crippen LogP) is 5.21. The van der Waals surface area contributed by atoms with Crippen molar-refractivity contribution in [2.24, 2.45) is 0 Å². The number of H-pyrrole nitrogens is 2. The number of para-hydroxylation sites is 2. The van der Waals surface area contributed by atoms with E-state index < -0.39 is 0 Å². The van der Waals surface area contributed by atoms with Gasteiger partial charge in [0.2, 0.25) is 0 Å². The molecule has 152 valence electrons. The monoisotopic (exact) mass is 406 g/mol. The standard InChI is InChI=1S/C24H30N4S/c1-27(2)13-23-19(17-9-5-7-11-21(17)25-23)15-29-16-20-18-10-6-8-12-22(18)26-24(20)14-28(3)4/h5-12,25-26H,13-16H2,1-4H3. The molecule has 0 saturated carbocycles. The minimum Gasteiger partial charge on any atom is -0.357 e. The lowest BCUT2D eigenvalue weighted by Gasteiger charge is -2.12. The first-order chi connectivity index (χ1) is 14.0. The van der Waals surface area contributed by atoms with E-state index in [1.54, 1.807) is 0 Å². The zero-order chi connectivity index (χ0) is 20.4. The minimum absolute atomic E-state index is 0.934. The summed E-state index contributed by atoms with van der Waals surface area (Å²) in [5.74, 6) is 2.02. The van der Waals surface area contributed by atoms with Crippen LogP contribution in [0.15, 0.2) is 48.5 Å². The van der Waals surface area contributed by atoms with Crippen LogP contribution in [0.4, 0.5) is 0 Å². The molecule has 0 saturated heterocycles. The topological polar surface area (TPSA) is 38.1 Å². The lowest BCUT2D eigenvalue weighted by atomic mass is 10.1. The summed E-state index contributed by atoms with van der Waals surface area (Å²) in [5.41, 5.74) is 8.01. The smallest absolute Gasteiger partial charge is 0.0459 e. The third-order valence-corrected chi connectivity index (χ3v) is 6.23. The highest BCUT2D eigenvalue weighted by molar-refractivity contribution is 7.97. The van der Waals surface area contributed by atoms with Crippen molar-refractivity contribution in [1.82, 2.24) is 19.8 Å². The average molecular weight is 407 g/mol. The molecule has 0 bridgehead atoms. The maximum atomic E-state index is 3.64. The Labute approximate surface area is 177 Å². The molecule has 4 nitrogen and oxygen atoms in total. The third kappa shape index (κ3) is 4.37. The molecule has 0 unspecified atom stereocenters. The second-order valence-corrected chi connectivity index (χ2v) is 9.21. The fraction of sp³-hybridized carbons (Fsp3) is 0.333. The summed E-state index contributed by atoms with van der Waals surface area (Å²) >= 11 is 2.00. The van der Waals surface area contributed by atoms with E-state index >= 15 is 0 Å². The van der Waals surface area contributed by atoms with E-state index in [-0.39, 0.29) is 0 Å². The zero-order valence-electron chi connectivity index (χ0n) is 17.7. The van der Waals surface area contributed by atoms with E-state index in [4.69, 9.17) is 0 Å². The van der Waals surface area contributed by atoms with Gasteiger partial charge in [-0.3, -0.25) is 0 Å². The van der Waals surface area contributed by atoms with Crippen LogP contribution in [-0.4, -0.2) is 48.0 Å². The van der Waals surface area contributed by atoms with Gasteiger partial charge in [-0.15, -0.1) is 0 Å². The number of nitrogens with zero attached hydrogens (tertiary/aromatic N) is 2. The Balaban J connectivity index is 1.59. The Morgan fingerprint density at radius 2 is 1.07 bits per heavy atom. The average Bonchev–Trinajstić information content (AvgIpc) is 3.19. The van der Waals surface area contributed by atoms with Gasteiger partial charge >= 0.3 is 0 Å². The van der Waals surface area contributed by atoms with Gasteiger partial charge in [0.05, 0.1) is 0 Å². The summed E-state index contributed by atoms with van der Waals surface area (Å²) in [4.78, 5) is 11.7. The number of benzene rings is 2. The van der Waals surface area contributed by atoms with Crippen molar-refractivity contribution in [2.45, 2.75) is 24.6 Å². The second kappa shape index (κ2) is 8.66. The molecule has 4 aromatic rings. The number of hydrogen-bond acceptors (Lipinski definition) is 3. The number of nitrogens with one attached hydrogen (secondary N) is 2. The van der Waals surface area contributed by atoms with Crippen molar-refractivity contribution in [3.63, 3.8) is 0 Å². The molecule has 2 aromatic carbocycles. The first-order valence-corrected chi connectivity index (χ1v) is 11.2. The van der Waals surface area contributed by atoms with Crippen LogP contribution >= 0.6 is 11.8 Å². The Hall–Kier alpha value is -2.21. The molecule has 5 heteroatoms. The number of thioether (sulfide) groups is 1. The van der Waals surface area contributed by atoms with Gasteiger partial charge in [0.1, 0.15) is 0 Å². The molecule has 0 amide bonds. The molecule has 0 aliphatic rings. The van der Waals surface area contributed by atoms with Crippen molar-refractivity contribution in [3.05, 3.63) is 71.0 Å². The van der Waals surface area contributed by atoms with Gasteiger partial charge < -0.3 is 19.8 Å². The normalized spacial score (nSPS) is 12.1. The maximum absolute atomic E-state index is 3.64. The molecule has 0 fully saturated rings. The summed E-state index contributed by atoms with van der Waals surface area (Å²) in [7, 11) is 8.51. The first-order valence-electron chi connectivity index (χ1n) is 10.1. The molecular formula is C24H30N4S. The van der Waals surface area contributed by atoms with Crippen LogP contribution < -0.4 is 0 Å². The molecule has 0 aliphatic heterocycles. The number of aromatic nitrogens is 2. The molecule has 0 spiro atoms. The van der Waals surface area contributed by atoms with Crippen molar-refractivity contribution >= 4 is 33.6 Å². The molecule has 0 aliphatic carbocycles. The molecule has 2 N–H and O–H groups in total. The van der Waals surface area contributed by atoms with Crippen LogP contribution in [0.2, 0.25) is 0 Å². The van der Waals surface area contributed by atoms with Crippen LogP contribution in [0.1, 0.15) is 22.5 Å². The summed E-state index contributed by atoms with van der Waals surface area (Å²) < 4.78 is 0. The van der Waals surface area contributed by atoms with Crippen LogP contribution in [0.3, 0.4) is 0 Å². The minimum atomic E-state index is 0.934. The van der Waals surface area contributed by atoms with E-state index in [0.29, 0.717) is 0 Å². The van der Waals surface area contributed by atoms with E-state index in [1.807, 2.05) is 11.8 Å². The van der Waals surface area contributed by atoms with E-state index in [0.717, 1.165) is 24.6 Å². The van der Waals surface area contributed by atoms with Gasteiger partial charge in [-0.05, 0) is 51.5 Å². The summed E-state index contributed by atoms with van der Waals surface area (Å²) in [6, 6.07) is 17.3. The van der Waals surface area contributed by atoms with Crippen LogP contribution in [0.5, 0.6) is 0 Å². The summed E-state index contributed by atoms with van der Waals surface area (Å²) in [5, 5.41) is 2.70. The fourth-order valence-corrected chi connectivity index (χ4v) is 5.17. The number of aromatic amines is 2. The van der Waals surface area contributed by atoms with Gasteiger partial charge in [-0.25, -0.2) is 0 Å². The fourth-order valence-electron chi connectivity index (χ4n) is 4.00. The number of hydrogen-bond donors (Lipinski definition) is 2. The lowest BCUT2D eigenvalue weighted by Crippen LogP contribution is -2.12. The largest absolute Gasteiger partial charge is 0.357 e.